The highest BCUT2D eigenvalue weighted by molar-refractivity contribution is 5.82. The molecule has 5 heterocycles. The molecular formula is C22H22N6O2. The molecular weight excluding hydrogens is 380 g/mol. The van der Waals surface area contributed by atoms with E-state index in [-0.39, 0.29) is 5.91 Å². The van der Waals surface area contributed by atoms with E-state index in [9.17, 15) is 4.79 Å². The van der Waals surface area contributed by atoms with Crippen molar-refractivity contribution in [3.05, 3.63) is 59.0 Å². The van der Waals surface area contributed by atoms with Crippen LogP contribution in [0.2, 0.25) is 0 Å². The third-order valence-corrected chi connectivity index (χ3v) is 5.72. The molecule has 0 bridgehead atoms. The van der Waals surface area contributed by atoms with Gasteiger partial charge in [0.2, 0.25) is 5.91 Å². The SMILES string of the molecule is Cc1noc(C)c1CC(=O)N1CCc2nc3ncc(-c4cnn(C)c4)cc3cc2C1. The van der Waals surface area contributed by atoms with Crippen LogP contribution in [0.4, 0.5) is 0 Å². The molecule has 0 spiro atoms. The summed E-state index contributed by atoms with van der Waals surface area (Å²) in [5.41, 5.74) is 6.50. The molecule has 0 saturated heterocycles. The van der Waals surface area contributed by atoms with Crippen LogP contribution in [0.3, 0.4) is 0 Å². The third-order valence-electron chi connectivity index (χ3n) is 5.72. The molecule has 0 aromatic carbocycles. The summed E-state index contributed by atoms with van der Waals surface area (Å²) in [5.74, 6) is 0.789. The summed E-state index contributed by atoms with van der Waals surface area (Å²) in [5, 5.41) is 9.15. The molecule has 0 aliphatic carbocycles. The number of hydrogen-bond acceptors (Lipinski definition) is 6. The first-order chi connectivity index (χ1) is 14.5. The largest absolute Gasteiger partial charge is 0.361 e. The van der Waals surface area contributed by atoms with Crippen LogP contribution < -0.4 is 0 Å². The van der Waals surface area contributed by atoms with Crippen LogP contribution in [0, 0.1) is 13.8 Å². The van der Waals surface area contributed by atoms with E-state index in [1.165, 1.54) is 0 Å². The van der Waals surface area contributed by atoms with Crippen LogP contribution >= 0.6 is 0 Å². The molecule has 4 aromatic heterocycles. The van der Waals surface area contributed by atoms with Crippen molar-refractivity contribution in [2.75, 3.05) is 6.54 Å². The number of pyridine rings is 2. The maximum atomic E-state index is 12.9. The normalized spacial score (nSPS) is 13.6. The van der Waals surface area contributed by atoms with Crippen molar-refractivity contribution >= 4 is 16.9 Å². The van der Waals surface area contributed by atoms with Crippen molar-refractivity contribution in [1.82, 2.24) is 29.8 Å². The van der Waals surface area contributed by atoms with E-state index in [1.54, 1.807) is 4.68 Å². The minimum atomic E-state index is 0.0809. The highest BCUT2D eigenvalue weighted by atomic mass is 16.5. The first kappa shape index (κ1) is 18.5. The maximum Gasteiger partial charge on any atom is 0.227 e. The Bertz CT molecular complexity index is 1250. The summed E-state index contributed by atoms with van der Waals surface area (Å²) in [4.78, 5) is 24.1. The van der Waals surface area contributed by atoms with E-state index >= 15 is 0 Å². The van der Waals surface area contributed by atoms with Gasteiger partial charge in [0.1, 0.15) is 5.76 Å². The Morgan fingerprint density at radius 2 is 2.07 bits per heavy atom. The first-order valence-electron chi connectivity index (χ1n) is 9.95. The molecule has 0 unspecified atom stereocenters. The summed E-state index contributed by atoms with van der Waals surface area (Å²) in [6.07, 6.45) is 6.66. The molecule has 8 nitrogen and oxygen atoms in total. The van der Waals surface area contributed by atoms with Gasteiger partial charge in [-0.2, -0.15) is 5.10 Å². The van der Waals surface area contributed by atoms with Gasteiger partial charge >= 0.3 is 0 Å². The zero-order valence-electron chi connectivity index (χ0n) is 17.2. The van der Waals surface area contributed by atoms with E-state index in [0.717, 1.165) is 51.1 Å². The smallest absolute Gasteiger partial charge is 0.227 e. The summed E-state index contributed by atoms with van der Waals surface area (Å²) < 4.78 is 6.96. The van der Waals surface area contributed by atoms with Crippen LogP contribution in [0.15, 0.2) is 35.2 Å². The van der Waals surface area contributed by atoms with Crippen LogP contribution in [-0.2, 0) is 31.2 Å². The molecule has 30 heavy (non-hydrogen) atoms. The van der Waals surface area contributed by atoms with E-state index in [2.05, 4.69) is 27.4 Å². The van der Waals surface area contributed by atoms with Gasteiger partial charge in [0.25, 0.3) is 0 Å². The van der Waals surface area contributed by atoms with Crippen LogP contribution in [0.5, 0.6) is 0 Å². The zero-order valence-corrected chi connectivity index (χ0v) is 17.2. The van der Waals surface area contributed by atoms with E-state index in [0.29, 0.717) is 25.3 Å². The highest BCUT2D eigenvalue weighted by Gasteiger charge is 2.24. The minimum absolute atomic E-state index is 0.0809. The fourth-order valence-electron chi connectivity index (χ4n) is 3.98. The van der Waals surface area contributed by atoms with Crippen LogP contribution in [-0.4, -0.2) is 42.3 Å². The summed E-state index contributed by atoms with van der Waals surface area (Å²) >= 11 is 0. The molecule has 0 fully saturated rings. The molecule has 4 aromatic rings. The lowest BCUT2D eigenvalue weighted by molar-refractivity contribution is -0.131. The molecule has 1 amide bonds. The Morgan fingerprint density at radius 3 is 2.80 bits per heavy atom. The average Bonchev–Trinajstić information content (AvgIpc) is 3.31. The second-order valence-electron chi connectivity index (χ2n) is 7.81. The Hall–Kier alpha value is -3.55. The molecule has 0 radical (unpaired) electrons. The number of hydrogen-bond donors (Lipinski definition) is 0. The molecule has 5 rings (SSSR count). The average molecular weight is 402 g/mol. The lowest BCUT2D eigenvalue weighted by Gasteiger charge is -2.28. The molecule has 0 N–H and O–H groups in total. The van der Waals surface area contributed by atoms with Gasteiger partial charge in [-0.05, 0) is 31.5 Å². The van der Waals surface area contributed by atoms with Gasteiger partial charge < -0.3 is 9.42 Å². The van der Waals surface area contributed by atoms with Crippen molar-refractivity contribution in [3.63, 3.8) is 0 Å². The number of fused-ring (bicyclic) bond motifs is 2. The predicted octanol–water partition coefficient (Wildman–Crippen LogP) is 2.76. The molecule has 152 valence electrons. The fourth-order valence-corrected chi connectivity index (χ4v) is 3.98. The molecule has 0 saturated carbocycles. The number of nitrogens with zero attached hydrogens (tertiary/aromatic N) is 6. The first-order valence-corrected chi connectivity index (χ1v) is 9.95. The van der Waals surface area contributed by atoms with Gasteiger partial charge in [0.15, 0.2) is 5.65 Å². The van der Waals surface area contributed by atoms with Gasteiger partial charge in [0.05, 0.1) is 18.3 Å². The summed E-state index contributed by atoms with van der Waals surface area (Å²) in [6, 6.07) is 4.19. The van der Waals surface area contributed by atoms with Gasteiger partial charge in [0, 0.05) is 66.7 Å². The Morgan fingerprint density at radius 1 is 1.20 bits per heavy atom. The Kier molecular flexibility index (Phi) is 4.34. The lowest BCUT2D eigenvalue weighted by Crippen LogP contribution is -2.37. The minimum Gasteiger partial charge on any atom is -0.361 e. The Labute approximate surface area is 173 Å². The van der Waals surface area contributed by atoms with Gasteiger partial charge in [-0.3, -0.25) is 9.48 Å². The molecule has 1 aliphatic rings. The van der Waals surface area contributed by atoms with E-state index < -0.39 is 0 Å². The van der Waals surface area contributed by atoms with Gasteiger partial charge in [-0.25, -0.2) is 9.97 Å². The number of aromatic nitrogens is 5. The fraction of sp³-hybridized carbons (Fsp3) is 0.318. The second kappa shape index (κ2) is 7.05. The molecule has 8 heteroatoms. The lowest BCUT2D eigenvalue weighted by atomic mass is 10.0. The van der Waals surface area contributed by atoms with Gasteiger partial charge in [-0.1, -0.05) is 5.16 Å². The number of amides is 1. The molecule has 1 aliphatic heterocycles. The van der Waals surface area contributed by atoms with Crippen molar-refractivity contribution in [2.45, 2.75) is 33.2 Å². The molecule has 0 atom stereocenters. The third kappa shape index (κ3) is 3.24. The quantitative estimate of drug-likeness (QED) is 0.523. The number of carbonyl (C=O) groups excluding carboxylic acids is 1. The van der Waals surface area contributed by atoms with Crippen molar-refractivity contribution < 1.29 is 9.32 Å². The highest BCUT2D eigenvalue weighted by Crippen LogP contribution is 2.26. The monoisotopic (exact) mass is 402 g/mol. The standard InChI is InChI=1S/C22H22N6O2/c1-13-19(14(2)30-26-13)8-21(29)28-5-4-20-17(12-28)7-15-6-16(9-23-22(15)25-20)18-10-24-27(3)11-18/h6-7,9-11H,4-5,8,12H2,1-3H3. The Balaban J connectivity index is 1.42. The second-order valence-corrected chi connectivity index (χ2v) is 7.81. The van der Waals surface area contributed by atoms with Crippen LogP contribution in [0.25, 0.3) is 22.2 Å². The maximum absolute atomic E-state index is 12.9. The van der Waals surface area contributed by atoms with E-state index in [4.69, 9.17) is 9.51 Å². The van der Waals surface area contributed by atoms with Crippen molar-refractivity contribution in [3.8, 4) is 11.1 Å². The summed E-state index contributed by atoms with van der Waals surface area (Å²) in [6.45, 7) is 4.92. The van der Waals surface area contributed by atoms with Crippen molar-refractivity contribution in [2.24, 2.45) is 7.05 Å². The van der Waals surface area contributed by atoms with Crippen molar-refractivity contribution in [1.29, 1.82) is 0 Å². The predicted molar refractivity (Wildman–Crippen MR) is 111 cm³/mol. The topological polar surface area (TPSA) is 89.9 Å². The zero-order chi connectivity index (χ0) is 20.8. The number of rotatable bonds is 3. The number of aryl methyl sites for hydroxylation is 3. The summed E-state index contributed by atoms with van der Waals surface area (Å²) in [7, 11) is 1.89. The van der Waals surface area contributed by atoms with Gasteiger partial charge in [-0.15, -0.1) is 0 Å². The number of carbonyl (C=O) groups is 1. The van der Waals surface area contributed by atoms with Crippen LogP contribution in [0.1, 0.15) is 28.3 Å². The van der Waals surface area contributed by atoms with E-state index in [1.807, 2.05) is 44.4 Å².